The zero-order valence-corrected chi connectivity index (χ0v) is 10.8. The van der Waals surface area contributed by atoms with Gasteiger partial charge in [-0.1, -0.05) is 13.8 Å². The van der Waals surface area contributed by atoms with Crippen LogP contribution in [0.15, 0.2) is 18.5 Å². The van der Waals surface area contributed by atoms with Crippen molar-refractivity contribution in [2.45, 2.75) is 26.7 Å². The fraction of sp³-hybridized carbons (Fsp3) is 0.538. The van der Waals surface area contributed by atoms with Gasteiger partial charge in [0.05, 0.1) is 5.69 Å². The first kappa shape index (κ1) is 14.4. The van der Waals surface area contributed by atoms with Crippen molar-refractivity contribution < 1.29 is 15.0 Å². The van der Waals surface area contributed by atoms with E-state index in [4.69, 9.17) is 10.2 Å². The number of carboxylic acid groups (broad SMARTS) is 1. The van der Waals surface area contributed by atoms with Gasteiger partial charge in [-0.2, -0.15) is 0 Å². The largest absolute Gasteiger partial charge is 0.478 e. The summed E-state index contributed by atoms with van der Waals surface area (Å²) in [6.07, 6.45) is 4.53. The van der Waals surface area contributed by atoms with E-state index in [1.165, 1.54) is 6.20 Å². The van der Waals surface area contributed by atoms with E-state index >= 15 is 0 Å². The molecule has 1 aromatic heterocycles. The van der Waals surface area contributed by atoms with Gasteiger partial charge in [0, 0.05) is 25.5 Å². The van der Waals surface area contributed by atoms with Crippen LogP contribution in [0, 0.1) is 5.41 Å². The van der Waals surface area contributed by atoms with Gasteiger partial charge in [0.1, 0.15) is 5.56 Å². The molecule has 3 N–H and O–H groups in total. The predicted octanol–water partition coefficient (Wildman–Crippen LogP) is 1.99. The summed E-state index contributed by atoms with van der Waals surface area (Å²) in [6.45, 7) is 4.99. The number of carbonyl (C=O) groups is 1. The van der Waals surface area contributed by atoms with Crippen molar-refractivity contribution in [3.8, 4) is 0 Å². The fourth-order valence-electron chi connectivity index (χ4n) is 1.70. The highest BCUT2D eigenvalue weighted by atomic mass is 16.4. The standard InChI is InChI=1S/C13H20N2O3/c1-13(2,5-3-7-16)9-15-11-4-6-14-8-10(11)12(17)18/h4,6,8,16H,3,5,7,9H2,1-2H3,(H,14,15)(H,17,18). The van der Waals surface area contributed by atoms with Crippen molar-refractivity contribution >= 4 is 11.7 Å². The van der Waals surface area contributed by atoms with E-state index in [0.29, 0.717) is 12.2 Å². The lowest BCUT2D eigenvalue weighted by Gasteiger charge is -2.25. The Labute approximate surface area is 107 Å². The predicted molar refractivity (Wildman–Crippen MR) is 69.8 cm³/mol. The third kappa shape index (κ3) is 4.33. The molecule has 100 valence electrons. The Balaban J connectivity index is 2.65. The first-order chi connectivity index (χ1) is 8.46. The summed E-state index contributed by atoms with van der Waals surface area (Å²) >= 11 is 0. The number of nitrogens with zero attached hydrogens (tertiary/aromatic N) is 1. The summed E-state index contributed by atoms with van der Waals surface area (Å²) in [7, 11) is 0. The highest BCUT2D eigenvalue weighted by Crippen LogP contribution is 2.23. The molecule has 0 unspecified atom stereocenters. The highest BCUT2D eigenvalue weighted by Gasteiger charge is 2.18. The first-order valence-corrected chi connectivity index (χ1v) is 5.98. The van der Waals surface area contributed by atoms with Crippen LogP contribution in [0.1, 0.15) is 37.0 Å². The molecule has 0 atom stereocenters. The van der Waals surface area contributed by atoms with E-state index in [2.05, 4.69) is 24.1 Å². The minimum absolute atomic E-state index is 0.00176. The summed E-state index contributed by atoms with van der Waals surface area (Å²) in [5.41, 5.74) is 0.756. The van der Waals surface area contributed by atoms with Crippen LogP contribution in [0.4, 0.5) is 5.69 Å². The molecule has 5 heteroatoms. The molecule has 0 aromatic carbocycles. The summed E-state index contributed by atoms with van der Waals surface area (Å²) in [5, 5.41) is 21.0. The first-order valence-electron chi connectivity index (χ1n) is 5.98. The molecular weight excluding hydrogens is 232 g/mol. The monoisotopic (exact) mass is 252 g/mol. The van der Waals surface area contributed by atoms with Gasteiger partial charge >= 0.3 is 5.97 Å². The molecule has 0 spiro atoms. The third-order valence-corrected chi connectivity index (χ3v) is 2.82. The van der Waals surface area contributed by atoms with Crippen molar-refractivity contribution in [3.63, 3.8) is 0 Å². The smallest absolute Gasteiger partial charge is 0.339 e. The van der Waals surface area contributed by atoms with Crippen molar-refractivity contribution in [2.24, 2.45) is 5.41 Å². The second kappa shape index (κ2) is 6.35. The Morgan fingerprint density at radius 3 is 2.83 bits per heavy atom. The van der Waals surface area contributed by atoms with Gasteiger partial charge in [-0.25, -0.2) is 4.79 Å². The van der Waals surface area contributed by atoms with E-state index in [-0.39, 0.29) is 17.6 Å². The number of hydrogen-bond donors (Lipinski definition) is 3. The number of hydrogen-bond acceptors (Lipinski definition) is 4. The summed E-state index contributed by atoms with van der Waals surface area (Å²) in [4.78, 5) is 14.8. The number of anilines is 1. The highest BCUT2D eigenvalue weighted by molar-refractivity contribution is 5.93. The summed E-state index contributed by atoms with van der Waals surface area (Å²) in [5.74, 6) is -0.987. The lowest BCUT2D eigenvalue weighted by Crippen LogP contribution is -2.24. The number of pyridine rings is 1. The third-order valence-electron chi connectivity index (χ3n) is 2.82. The van der Waals surface area contributed by atoms with Crippen LogP contribution in [-0.2, 0) is 0 Å². The zero-order valence-electron chi connectivity index (χ0n) is 10.8. The normalized spacial score (nSPS) is 11.3. The Morgan fingerprint density at radius 2 is 2.22 bits per heavy atom. The number of aliphatic hydroxyl groups excluding tert-OH is 1. The second-order valence-corrected chi connectivity index (χ2v) is 5.07. The summed E-state index contributed by atoms with van der Waals surface area (Å²) in [6, 6.07) is 1.66. The van der Waals surface area contributed by atoms with Gasteiger partial charge < -0.3 is 15.5 Å². The molecule has 0 fully saturated rings. The SMILES string of the molecule is CC(C)(CCCO)CNc1ccncc1C(=O)O. The molecule has 0 aliphatic rings. The van der Waals surface area contributed by atoms with Gasteiger partial charge in [-0.05, 0) is 24.3 Å². The molecule has 5 nitrogen and oxygen atoms in total. The Kier molecular flexibility index (Phi) is 5.09. The maximum atomic E-state index is 11.0. The van der Waals surface area contributed by atoms with Crippen LogP contribution in [0.3, 0.4) is 0 Å². The molecule has 1 rings (SSSR count). The van der Waals surface area contributed by atoms with E-state index in [0.717, 1.165) is 12.8 Å². The molecule has 1 heterocycles. The molecular formula is C13H20N2O3. The van der Waals surface area contributed by atoms with Crippen molar-refractivity contribution in [2.75, 3.05) is 18.5 Å². The maximum Gasteiger partial charge on any atom is 0.339 e. The molecule has 18 heavy (non-hydrogen) atoms. The molecule has 1 aromatic rings. The van der Waals surface area contributed by atoms with E-state index in [1.54, 1.807) is 12.3 Å². The summed E-state index contributed by atoms with van der Waals surface area (Å²) < 4.78 is 0. The lowest BCUT2D eigenvalue weighted by molar-refractivity contribution is 0.0697. The van der Waals surface area contributed by atoms with E-state index in [1.807, 2.05) is 0 Å². The molecule has 0 aliphatic heterocycles. The van der Waals surface area contributed by atoms with Gasteiger partial charge in [0.15, 0.2) is 0 Å². The minimum Gasteiger partial charge on any atom is -0.478 e. The average Bonchev–Trinajstić information content (AvgIpc) is 2.34. The zero-order chi connectivity index (χ0) is 13.6. The Hall–Kier alpha value is -1.62. The number of aromatic carboxylic acids is 1. The Bertz CT molecular complexity index is 405. The van der Waals surface area contributed by atoms with Crippen molar-refractivity contribution in [3.05, 3.63) is 24.0 Å². The maximum absolute atomic E-state index is 11.0. The average molecular weight is 252 g/mol. The van der Waals surface area contributed by atoms with E-state index in [9.17, 15) is 4.79 Å². The van der Waals surface area contributed by atoms with Crippen LogP contribution in [0.5, 0.6) is 0 Å². The number of carboxylic acids is 1. The fourth-order valence-corrected chi connectivity index (χ4v) is 1.70. The van der Waals surface area contributed by atoms with Crippen LogP contribution in [0.25, 0.3) is 0 Å². The van der Waals surface area contributed by atoms with Crippen molar-refractivity contribution in [1.29, 1.82) is 0 Å². The van der Waals surface area contributed by atoms with Gasteiger partial charge in [0.2, 0.25) is 0 Å². The number of aromatic nitrogens is 1. The van der Waals surface area contributed by atoms with Gasteiger partial charge in [-0.15, -0.1) is 0 Å². The molecule has 0 saturated heterocycles. The molecule has 0 amide bonds. The van der Waals surface area contributed by atoms with Crippen molar-refractivity contribution in [1.82, 2.24) is 4.98 Å². The van der Waals surface area contributed by atoms with E-state index < -0.39 is 5.97 Å². The van der Waals surface area contributed by atoms with Crippen LogP contribution in [-0.4, -0.2) is 34.3 Å². The quantitative estimate of drug-likeness (QED) is 0.691. The van der Waals surface area contributed by atoms with Crippen LogP contribution >= 0.6 is 0 Å². The lowest BCUT2D eigenvalue weighted by atomic mass is 9.88. The number of nitrogens with one attached hydrogen (secondary N) is 1. The van der Waals surface area contributed by atoms with Gasteiger partial charge in [-0.3, -0.25) is 4.98 Å². The number of rotatable bonds is 7. The number of aliphatic hydroxyl groups is 1. The van der Waals surface area contributed by atoms with Crippen LogP contribution < -0.4 is 5.32 Å². The Morgan fingerprint density at radius 1 is 1.50 bits per heavy atom. The molecule has 0 saturated carbocycles. The van der Waals surface area contributed by atoms with Gasteiger partial charge in [0.25, 0.3) is 0 Å². The topological polar surface area (TPSA) is 82.5 Å². The molecule has 0 bridgehead atoms. The minimum atomic E-state index is -0.987. The van der Waals surface area contributed by atoms with Crippen LogP contribution in [0.2, 0.25) is 0 Å². The second-order valence-electron chi connectivity index (χ2n) is 5.07. The molecule has 0 aliphatic carbocycles. The molecule has 0 radical (unpaired) electrons.